The highest BCUT2D eigenvalue weighted by molar-refractivity contribution is 5.88. The molecule has 0 spiro atoms. The van der Waals surface area contributed by atoms with E-state index in [-0.39, 0.29) is 11.8 Å². The maximum atomic E-state index is 13.3. The number of rotatable bonds is 9. The largest absolute Gasteiger partial charge is 0.497 e. The molecule has 0 radical (unpaired) electrons. The Morgan fingerprint density at radius 1 is 0.871 bits per heavy atom. The molecule has 0 aliphatic heterocycles. The van der Waals surface area contributed by atoms with Gasteiger partial charge in [0.25, 0.3) is 0 Å². The Balaban J connectivity index is 1.89. The zero-order valence-corrected chi connectivity index (χ0v) is 18.0. The number of carbonyl (C=O) groups excluding carboxylic acids is 2. The van der Waals surface area contributed by atoms with Crippen molar-refractivity contribution in [3.05, 3.63) is 102 Å². The fourth-order valence-corrected chi connectivity index (χ4v) is 3.44. The Labute approximate surface area is 183 Å². The Morgan fingerprint density at radius 3 is 2.06 bits per heavy atom. The summed E-state index contributed by atoms with van der Waals surface area (Å²) in [5.74, 6) is 0.460. The minimum atomic E-state index is -0.723. The summed E-state index contributed by atoms with van der Waals surface area (Å²) in [4.78, 5) is 27.9. The summed E-state index contributed by atoms with van der Waals surface area (Å²) in [7, 11) is 1.62. The minimum Gasteiger partial charge on any atom is -0.497 e. The third kappa shape index (κ3) is 5.95. The minimum absolute atomic E-state index is 0.0838. The lowest BCUT2D eigenvalue weighted by atomic mass is 10.0. The number of hydrogen-bond acceptors (Lipinski definition) is 3. The number of methoxy groups -OCH3 is 1. The van der Waals surface area contributed by atoms with Crippen LogP contribution in [-0.4, -0.2) is 23.8 Å². The number of amides is 2. The van der Waals surface area contributed by atoms with E-state index in [1.807, 2.05) is 91.9 Å². The Morgan fingerprint density at radius 2 is 1.48 bits per heavy atom. The topological polar surface area (TPSA) is 58.6 Å². The molecule has 0 aliphatic rings. The lowest BCUT2D eigenvalue weighted by Gasteiger charge is -2.31. The Bertz CT molecular complexity index is 973. The summed E-state index contributed by atoms with van der Waals surface area (Å²) in [6.07, 6.45) is 0.311. The van der Waals surface area contributed by atoms with E-state index < -0.39 is 6.04 Å². The fraction of sp³-hybridized carbons (Fsp3) is 0.231. The SMILES string of the molecule is CCC(=O)N(Cc1ccc(OC)cc1)C(C(=O)NCc1ccccc1)c1ccccc1. The molecule has 0 saturated carbocycles. The van der Waals surface area contributed by atoms with E-state index in [0.717, 1.165) is 22.4 Å². The highest BCUT2D eigenvalue weighted by Gasteiger charge is 2.30. The van der Waals surface area contributed by atoms with Crippen molar-refractivity contribution in [2.24, 2.45) is 0 Å². The number of nitrogens with one attached hydrogen (secondary N) is 1. The van der Waals surface area contributed by atoms with Gasteiger partial charge in [0.2, 0.25) is 11.8 Å². The maximum Gasteiger partial charge on any atom is 0.247 e. The first-order valence-corrected chi connectivity index (χ1v) is 10.4. The van der Waals surface area contributed by atoms with Crippen LogP contribution in [0.5, 0.6) is 5.75 Å². The second-order valence-electron chi connectivity index (χ2n) is 7.24. The second kappa shape index (κ2) is 11.0. The first-order chi connectivity index (χ1) is 15.1. The predicted molar refractivity (Wildman–Crippen MR) is 121 cm³/mol. The zero-order chi connectivity index (χ0) is 22.1. The van der Waals surface area contributed by atoms with Crippen LogP contribution in [0.15, 0.2) is 84.9 Å². The molecule has 5 nitrogen and oxygen atoms in total. The molecule has 0 aliphatic carbocycles. The van der Waals surface area contributed by atoms with E-state index >= 15 is 0 Å². The van der Waals surface area contributed by atoms with E-state index in [1.165, 1.54) is 0 Å². The van der Waals surface area contributed by atoms with Crippen LogP contribution in [0.3, 0.4) is 0 Å². The van der Waals surface area contributed by atoms with Gasteiger partial charge in [-0.05, 0) is 28.8 Å². The average Bonchev–Trinajstić information content (AvgIpc) is 2.83. The molecule has 3 aromatic carbocycles. The van der Waals surface area contributed by atoms with E-state index in [1.54, 1.807) is 12.0 Å². The zero-order valence-electron chi connectivity index (χ0n) is 18.0. The molecule has 160 valence electrons. The van der Waals surface area contributed by atoms with Crippen LogP contribution < -0.4 is 10.1 Å². The first kappa shape index (κ1) is 22.1. The summed E-state index contributed by atoms with van der Waals surface area (Å²) >= 11 is 0. The maximum absolute atomic E-state index is 13.3. The van der Waals surface area contributed by atoms with E-state index in [4.69, 9.17) is 4.74 Å². The summed E-state index contributed by atoms with van der Waals surface area (Å²) in [6, 6.07) is 26.0. The monoisotopic (exact) mass is 416 g/mol. The van der Waals surface area contributed by atoms with Gasteiger partial charge in [-0.2, -0.15) is 0 Å². The third-order valence-electron chi connectivity index (χ3n) is 5.12. The Hall–Kier alpha value is -3.60. The number of benzene rings is 3. The lowest BCUT2D eigenvalue weighted by molar-refractivity contribution is -0.141. The normalized spacial score (nSPS) is 11.4. The lowest BCUT2D eigenvalue weighted by Crippen LogP contribution is -2.43. The van der Waals surface area contributed by atoms with Crippen LogP contribution >= 0.6 is 0 Å². The molecular weight excluding hydrogens is 388 g/mol. The van der Waals surface area contributed by atoms with Crippen molar-refractivity contribution in [2.75, 3.05) is 7.11 Å². The standard InChI is InChI=1S/C26H28N2O3/c1-3-24(29)28(19-21-14-16-23(31-2)17-15-21)25(22-12-8-5-9-13-22)26(30)27-18-20-10-6-4-7-11-20/h4-17,25H,3,18-19H2,1-2H3,(H,27,30). The molecule has 0 aromatic heterocycles. The second-order valence-corrected chi connectivity index (χ2v) is 7.24. The van der Waals surface area contributed by atoms with Gasteiger partial charge in [0.05, 0.1) is 7.11 Å². The number of ether oxygens (including phenoxy) is 1. The summed E-state index contributed by atoms with van der Waals surface area (Å²) in [5.41, 5.74) is 2.72. The van der Waals surface area contributed by atoms with Gasteiger partial charge in [-0.3, -0.25) is 9.59 Å². The number of nitrogens with zero attached hydrogens (tertiary/aromatic N) is 1. The number of hydrogen-bond donors (Lipinski definition) is 1. The van der Waals surface area contributed by atoms with E-state index in [0.29, 0.717) is 19.5 Å². The van der Waals surface area contributed by atoms with Crippen molar-refractivity contribution < 1.29 is 14.3 Å². The smallest absolute Gasteiger partial charge is 0.247 e. The van der Waals surface area contributed by atoms with Gasteiger partial charge in [0.15, 0.2) is 0 Å². The molecule has 31 heavy (non-hydrogen) atoms. The molecule has 1 unspecified atom stereocenters. The van der Waals surface area contributed by atoms with Crippen LogP contribution in [0.1, 0.15) is 36.1 Å². The van der Waals surface area contributed by atoms with Gasteiger partial charge < -0.3 is 15.0 Å². The summed E-state index contributed by atoms with van der Waals surface area (Å²) in [6.45, 7) is 2.54. The molecule has 3 aromatic rings. The van der Waals surface area contributed by atoms with Crippen molar-refractivity contribution in [3.8, 4) is 5.75 Å². The van der Waals surface area contributed by atoms with Crippen LogP contribution in [0.25, 0.3) is 0 Å². The molecule has 5 heteroatoms. The highest BCUT2D eigenvalue weighted by Crippen LogP contribution is 2.25. The van der Waals surface area contributed by atoms with Gasteiger partial charge in [-0.25, -0.2) is 0 Å². The molecule has 0 bridgehead atoms. The molecule has 2 amide bonds. The van der Waals surface area contributed by atoms with Crippen molar-refractivity contribution in [1.82, 2.24) is 10.2 Å². The van der Waals surface area contributed by atoms with E-state index in [9.17, 15) is 9.59 Å². The molecule has 0 fully saturated rings. The number of carbonyl (C=O) groups is 2. The first-order valence-electron chi connectivity index (χ1n) is 10.4. The molecule has 1 N–H and O–H groups in total. The van der Waals surface area contributed by atoms with Crippen LogP contribution in [0.4, 0.5) is 0 Å². The third-order valence-corrected chi connectivity index (χ3v) is 5.12. The van der Waals surface area contributed by atoms with Gasteiger partial charge in [0.1, 0.15) is 11.8 Å². The molecule has 0 heterocycles. The molecule has 3 rings (SSSR count). The van der Waals surface area contributed by atoms with Gasteiger partial charge >= 0.3 is 0 Å². The van der Waals surface area contributed by atoms with E-state index in [2.05, 4.69) is 5.32 Å². The summed E-state index contributed by atoms with van der Waals surface area (Å²) < 4.78 is 5.23. The molecular formula is C26H28N2O3. The van der Waals surface area contributed by atoms with Crippen molar-refractivity contribution in [3.63, 3.8) is 0 Å². The Kier molecular flexibility index (Phi) is 7.82. The van der Waals surface area contributed by atoms with Crippen molar-refractivity contribution >= 4 is 11.8 Å². The van der Waals surface area contributed by atoms with Crippen LogP contribution in [-0.2, 0) is 22.7 Å². The quantitative estimate of drug-likeness (QED) is 0.559. The molecule has 1 atom stereocenters. The van der Waals surface area contributed by atoms with Crippen LogP contribution in [0, 0.1) is 0 Å². The fourth-order valence-electron chi connectivity index (χ4n) is 3.44. The van der Waals surface area contributed by atoms with Crippen molar-refractivity contribution in [2.45, 2.75) is 32.5 Å². The van der Waals surface area contributed by atoms with Gasteiger partial charge in [0, 0.05) is 19.5 Å². The summed E-state index contributed by atoms with van der Waals surface area (Å²) in [5, 5.41) is 3.01. The van der Waals surface area contributed by atoms with Crippen LogP contribution in [0.2, 0.25) is 0 Å². The van der Waals surface area contributed by atoms with Crippen molar-refractivity contribution in [1.29, 1.82) is 0 Å². The highest BCUT2D eigenvalue weighted by atomic mass is 16.5. The molecule has 0 saturated heterocycles. The average molecular weight is 417 g/mol. The van der Waals surface area contributed by atoms with Gasteiger partial charge in [-0.1, -0.05) is 79.7 Å². The van der Waals surface area contributed by atoms with Gasteiger partial charge in [-0.15, -0.1) is 0 Å². The predicted octanol–water partition coefficient (Wildman–Crippen LogP) is 4.49.